The summed E-state index contributed by atoms with van der Waals surface area (Å²) in [6.07, 6.45) is 1.88. The highest BCUT2D eigenvalue weighted by Gasteiger charge is 2.53. The summed E-state index contributed by atoms with van der Waals surface area (Å²) in [6, 6.07) is 12.7. The summed E-state index contributed by atoms with van der Waals surface area (Å²) in [6.45, 7) is 5.04. The zero-order chi connectivity index (χ0) is 22.9. The highest BCUT2D eigenvalue weighted by Crippen LogP contribution is 2.51. The minimum atomic E-state index is -0.686. The number of rotatable bonds is 6. The molecule has 170 valence electrons. The van der Waals surface area contributed by atoms with Gasteiger partial charge in [0.05, 0.1) is 5.41 Å². The maximum Gasteiger partial charge on any atom is 0.245 e. The highest BCUT2D eigenvalue weighted by molar-refractivity contribution is 6.35. The van der Waals surface area contributed by atoms with Crippen molar-refractivity contribution in [2.75, 3.05) is 33.2 Å². The number of hydrogen-bond acceptors (Lipinski definition) is 3. The van der Waals surface area contributed by atoms with Crippen LogP contribution in [0, 0.1) is 6.92 Å². The molecule has 1 N–H and O–H groups in total. The summed E-state index contributed by atoms with van der Waals surface area (Å²) < 4.78 is 0. The SMILES string of the molecule is Cc1ccccc1CC(NC(=O)C1(c2ccc(Cl)cc2Cl)CC1)C(=O)N1CCN(C)CC1. The first-order chi connectivity index (χ1) is 15.3. The molecule has 2 aromatic rings. The lowest BCUT2D eigenvalue weighted by molar-refractivity contribution is -0.138. The number of benzene rings is 2. The van der Waals surface area contributed by atoms with Gasteiger partial charge >= 0.3 is 0 Å². The Bertz CT molecular complexity index is 1010. The minimum absolute atomic E-state index is 0.0206. The third-order valence-electron chi connectivity index (χ3n) is 6.74. The Morgan fingerprint density at radius 2 is 1.75 bits per heavy atom. The molecule has 2 fully saturated rings. The van der Waals surface area contributed by atoms with Crippen LogP contribution in [0.25, 0.3) is 0 Å². The van der Waals surface area contributed by atoms with Crippen molar-refractivity contribution in [1.29, 1.82) is 0 Å². The van der Waals surface area contributed by atoms with E-state index < -0.39 is 11.5 Å². The van der Waals surface area contributed by atoms with Gasteiger partial charge in [0.15, 0.2) is 0 Å². The van der Waals surface area contributed by atoms with Crippen molar-refractivity contribution >= 4 is 35.0 Å². The predicted octanol–water partition coefficient (Wildman–Crippen LogP) is 3.83. The Morgan fingerprint density at radius 1 is 1.06 bits per heavy atom. The van der Waals surface area contributed by atoms with E-state index in [0.29, 0.717) is 42.4 Å². The summed E-state index contributed by atoms with van der Waals surface area (Å²) in [5.41, 5.74) is 2.27. The van der Waals surface area contributed by atoms with Crippen LogP contribution in [0.1, 0.15) is 29.5 Å². The second-order valence-electron chi connectivity index (χ2n) is 8.99. The van der Waals surface area contributed by atoms with Crippen molar-refractivity contribution in [2.24, 2.45) is 0 Å². The van der Waals surface area contributed by atoms with E-state index in [9.17, 15) is 9.59 Å². The van der Waals surface area contributed by atoms with E-state index in [1.165, 1.54) is 0 Å². The van der Waals surface area contributed by atoms with Gasteiger partial charge in [0.2, 0.25) is 11.8 Å². The molecule has 5 nitrogen and oxygen atoms in total. The number of likely N-dealkylation sites (N-methyl/N-ethyl adjacent to an activating group) is 1. The number of hydrogen-bond donors (Lipinski definition) is 1. The molecule has 0 radical (unpaired) electrons. The first-order valence-electron chi connectivity index (χ1n) is 11.1. The molecule has 2 aliphatic rings. The summed E-state index contributed by atoms with van der Waals surface area (Å²) in [4.78, 5) is 31.1. The summed E-state index contributed by atoms with van der Waals surface area (Å²) in [7, 11) is 2.06. The lowest BCUT2D eigenvalue weighted by atomic mass is 9.93. The quantitative estimate of drug-likeness (QED) is 0.693. The molecule has 0 spiro atoms. The van der Waals surface area contributed by atoms with E-state index >= 15 is 0 Å². The largest absolute Gasteiger partial charge is 0.343 e. The molecule has 1 saturated heterocycles. The first kappa shape index (κ1) is 23.1. The lowest BCUT2D eigenvalue weighted by Crippen LogP contribution is -2.56. The smallest absolute Gasteiger partial charge is 0.245 e. The Kier molecular flexibility index (Phi) is 6.80. The van der Waals surface area contributed by atoms with Crippen LogP contribution in [-0.4, -0.2) is 60.9 Å². The molecule has 32 heavy (non-hydrogen) atoms. The molecule has 7 heteroatoms. The van der Waals surface area contributed by atoms with Crippen LogP contribution in [-0.2, 0) is 21.4 Å². The zero-order valence-electron chi connectivity index (χ0n) is 18.5. The third-order valence-corrected chi connectivity index (χ3v) is 7.28. The van der Waals surface area contributed by atoms with Crippen molar-refractivity contribution in [3.05, 3.63) is 69.2 Å². The number of amides is 2. The van der Waals surface area contributed by atoms with E-state index in [-0.39, 0.29) is 11.8 Å². The topological polar surface area (TPSA) is 52.7 Å². The number of halogens is 2. The molecule has 1 aliphatic heterocycles. The number of carbonyl (C=O) groups is 2. The number of nitrogens with zero attached hydrogens (tertiary/aromatic N) is 2. The van der Waals surface area contributed by atoms with Crippen LogP contribution in [0.15, 0.2) is 42.5 Å². The number of piperazine rings is 1. The van der Waals surface area contributed by atoms with E-state index in [4.69, 9.17) is 23.2 Å². The van der Waals surface area contributed by atoms with Gasteiger partial charge in [-0.15, -0.1) is 0 Å². The fourth-order valence-electron chi connectivity index (χ4n) is 4.42. The average Bonchev–Trinajstić information content (AvgIpc) is 3.56. The van der Waals surface area contributed by atoms with Gasteiger partial charge in [-0.25, -0.2) is 0 Å². The van der Waals surface area contributed by atoms with Crippen molar-refractivity contribution in [1.82, 2.24) is 15.1 Å². The number of aryl methyl sites for hydroxylation is 1. The second kappa shape index (κ2) is 9.42. The Hall–Kier alpha value is -2.08. The van der Waals surface area contributed by atoms with Crippen molar-refractivity contribution < 1.29 is 9.59 Å². The third kappa shape index (κ3) is 4.80. The molecular weight excluding hydrogens is 445 g/mol. The van der Waals surface area contributed by atoms with Crippen LogP contribution < -0.4 is 5.32 Å². The molecule has 1 unspecified atom stereocenters. The first-order valence-corrected chi connectivity index (χ1v) is 11.8. The Balaban J connectivity index is 1.57. The van der Waals surface area contributed by atoms with Crippen molar-refractivity contribution in [3.8, 4) is 0 Å². The van der Waals surface area contributed by atoms with Crippen LogP contribution in [0.2, 0.25) is 10.0 Å². The van der Waals surface area contributed by atoms with Crippen LogP contribution in [0.4, 0.5) is 0 Å². The van der Waals surface area contributed by atoms with E-state index in [0.717, 1.165) is 29.8 Å². The van der Waals surface area contributed by atoms with Gasteiger partial charge in [0.25, 0.3) is 0 Å². The van der Waals surface area contributed by atoms with Gasteiger partial charge in [-0.05, 0) is 55.6 Å². The summed E-state index contributed by atoms with van der Waals surface area (Å²) in [5, 5.41) is 4.14. The predicted molar refractivity (Wildman–Crippen MR) is 128 cm³/mol. The maximum atomic E-state index is 13.5. The molecule has 1 aliphatic carbocycles. The van der Waals surface area contributed by atoms with Gasteiger partial charge in [0, 0.05) is 42.6 Å². The van der Waals surface area contributed by atoms with Crippen molar-refractivity contribution in [3.63, 3.8) is 0 Å². The molecule has 1 saturated carbocycles. The second-order valence-corrected chi connectivity index (χ2v) is 9.84. The number of nitrogens with one attached hydrogen (secondary N) is 1. The molecule has 1 atom stereocenters. The van der Waals surface area contributed by atoms with Gasteiger partial charge in [-0.2, -0.15) is 0 Å². The number of carbonyl (C=O) groups excluding carboxylic acids is 2. The normalized spacial score (nSPS) is 18.8. The van der Waals surface area contributed by atoms with Gasteiger partial charge < -0.3 is 15.1 Å². The standard InChI is InChI=1S/C25H29Cl2N3O2/c1-17-5-3-4-6-18(17)15-22(23(31)30-13-11-29(2)12-14-30)28-24(32)25(9-10-25)20-8-7-19(26)16-21(20)27/h3-8,16,22H,9-15H2,1-2H3,(H,28,32). The molecule has 0 bridgehead atoms. The molecule has 1 heterocycles. The molecule has 4 rings (SSSR count). The fourth-order valence-corrected chi connectivity index (χ4v) is 5.01. The zero-order valence-corrected chi connectivity index (χ0v) is 20.0. The van der Waals surface area contributed by atoms with Crippen LogP contribution in [0.3, 0.4) is 0 Å². The monoisotopic (exact) mass is 473 g/mol. The molecule has 0 aromatic heterocycles. The molecule has 2 amide bonds. The Morgan fingerprint density at radius 3 is 2.38 bits per heavy atom. The molecular formula is C25H29Cl2N3O2. The fraction of sp³-hybridized carbons (Fsp3) is 0.440. The minimum Gasteiger partial charge on any atom is -0.343 e. The van der Waals surface area contributed by atoms with E-state index in [1.807, 2.05) is 42.2 Å². The Labute approximate surface area is 199 Å². The highest BCUT2D eigenvalue weighted by atomic mass is 35.5. The lowest BCUT2D eigenvalue weighted by Gasteiger charge is -2.35. The summed E-state index contributed by atoms with van der Waals surface area (Å²) >= 11 is 12.5. The van der Waals surface area contributed by atoms with Gasteiger partial charge in [-0.3, -0.25) is 9.59 Å². The summed E-state index contributed by atoms with van der Waals surface area (Å²) in [5.74, 6) is -0.157. The average molecular weight is 474 g/mol. The maximum absolute atomic E-state index is 13.5. The van der Waals surface area contributed by atoms with Gasteiger partial charge in [-0.1, -0.05) is 53.5 Å². The van der Waals surface area contributed by atoms with Crippen LogP contribution in [0.5, 0.6) is 0 Å². The van der Waals surface area contributed by atoms with Crippen molar-refractivity contribution in [2.45, 2.75) is 37.6 Å². The van der Waals surface area contributed by atoms with Crippen LogP contribution >= 0.6 is 23.2 Å². The van der Waals surface area contributed by atoms with Gasteiger partial charge in [0.1, 0.15) is 6.04 Å². The van der Waals surface area contributed by atoms with E-state index in [1.54, 1.807) is 12.1 Å². The van der Waals surface area contributed by atoms with E-state index in [2.05, 4.69) is 17.3 Å². The molecule has 2 aromatic carbocycles.